The van der Waals surface area contributed by atoms with Crippen molar-refractivity contribution >= 4 is 63.9 Å². The fourth-order valence-electron chi connectivity index (χ4n) is 2.55. The van der Waals surface area contributed by atoms with E-state index in [1.54, 1.807) is 31.2 Å². The number of nitrogens with two attached hydrogens (primary N) is 1. The van der Waals surface area contributed by atoms with Crippen LogP contribution in [0.1, 0.15) is 27.1 Å². The minimum atomic E-state index is -0.907. The Kier molecular flexibility index (Phi) is 7.62. The molecule has 32 heavy (non-hydrogen) atoms. The maximum absolute atomic E-state index is 12.4. The second-order valence-electron chi connectivity index (χ2n) is 6.11. The van der Waals surface area contributed by atoms with Crippen molar-refractivity contribution in [3.8, 4) is 10.4 Å². The van der Waals surface area contributed by atoms with Gasteiger partial charge in [0.15, 0.2) is 18.1 Å². The van der Waals surface area contributed by atoms with Crippen LogP contribution in [0.15, 0.2) is 36.7 Å². The average Bonchev–Trinajstić information content (AvgIpc) is 3.16. The minimum Gasteiger partial charge on any atom is -0.462 e. The number of carbonyl (C=O) groups is 3. The number of nitrogen functional groups attached to an aromatic ring is 1. The number of halogens is 2. The van der Waals surface area contributed by atoms with Crippen molar-refractivity contribution in [1.29, 1.82) is 0 Å². The molecule has 3 aromatic rings. The Morgan fingerprint density at radius 3 is 2.53 bits per heavy atom. The molecule has 9 nitrogen and oxygen atoms in total. The molecule has 3 rings (SSSR count). The third-order valence-corrected chi connectivity index (χ3v) is 5.61. The molecule has 0 aliphatic carbocycles. The Balaban J connectivity index is 1.78. The Morgan fingerprint density at radius 2 is 1.84 bits per heavy atom. The van der Waals surface area contributed by atoms with E-state index in [4.69, 9.17) is 38.4 Å². The maximum Gasteiger partial charge on any atom is 0.361 e. The summed E-state index contributed by atoms with van der Waals surface area (Å²) in [5.74, 6) is -2.33. The third kappa shape index (κ3) is 5.52. The van der Waals surface area contributed by atoms with E-state index in [0.29, 0.717) is 20.5 Å². The van der Waals surface area contributed by atoms with Crippen LogP contribution in [-0.4, -0.2) is 41.0 Å². The normalized spacial score (nSPS) is 10.5. The molecule has 0 spiro atoms. The number of anilines is 2. The van der Waals surface area contributed by atoms with E-state index < -0.39 is 24.5 Å². The van der Waals surface area contributed by atoms with Gasteiger partial charge in [-0.05, 0) is 25.1 Å². The Labute approximate surface area is 196 Å². The lowest BCUT2D eigenvalue weighted by molar-refractivity contribution is -0.119. The number of hydrogen-bond donors (Lipinski definition) is 2. The summed E-state index contributed by atoms with van der Waals surface area (Å²) in [5.41, 5.74) is 6.17. The topological polar surface area (TPSA) is 134 Å². The van der Waals surface area contributed by atoms with Crippen molar-refractivity contribution in [1.82, 2.24) is 9.97 Å². The molecule has 0 radical (unpaired) electrons. The second kappa shape index (κ2) is 10.4. The van der Waals surface area contributed by atoms with Crippen molar-refractivity contribution in [2.24, 2.45) is 0 Å². The highest BCUT2D eigenvalue weighted by molar-refractivity contribution is 7.18. The summed E-state index contributed by atoms with van der Waals surface area (Å²) in [6.07, 6.45) is 2.59. The average molecular weight is 495 g/mol. The summed E-state index contributed by atoms with van der Waals surface area (Å²) in [5, 5.41) is 3.38. The molecule has 2 heterocycles. The van der Waals surface area contributed by atoms with Crippen LogP contribution >= 0.6 is 34.5 Å². The highest BCUT2D eigenvalue weighted by atomic mass is 35.5. The Bertz CT molecular complexity index is 1180. The van der Waals surface area contributed by atoms with Gasteiger partial charge >= 0.3 is 11.9 Å². The number of nitrogens with one attached hydrogen (secondary N) is 1. The van der Waals surface area contributed by atoms with Crippen molar-refractivity contribution in [3.05, 3.63) is 57.3 Å². The first kappa shape index (κ1) is 23.5. The van der Waals surface area contributed by atoms with Gasteiger partial charge in [0.05, 0.1) is 17.3 Å². The Hall–Kier alpha value is -3.21. The van der Waals surface area contributed by atoms with Crippen molar-refractivity contribution in [2.75, 3.05) is 24.3 Å². The van der Waals surface area contributed by atoms with E-state index >= 15 is 0 Å². The molecule has 3 N–H and O–H groups in total. The highest BCUT2D eigenvalue weighted by Crippen LogP contribution is 2.39. The molecule has 1 aromatic carbocycles. The van der Waals surface area contributed by atoms with Gasteiger partial charge in [0, 0.05) is 27.9 Å². The van der Waals surface area contributed by atoms with Gasteiger partial charge in [-0.1, -0.05) is 29.3 Å². The lowest BCUT2D eigenvalue weighted by Gasteiger charge is -2.07. The van der Waals surface area contributed by atoms with Gasteiger partial charge in [0.1, 0.15) is 4.88 Å². The first-order valence-corrected chi connectivity index (χ1v) is 10.7. The zero-order valence-corrected chi connectivity index (χ0v) is 18.9. The van der Waals surface area contributed by atoms with Gasteiger partial charge < -0.3 is 20.5 Å². The van der Waals surface area contributed by atoms with Crippen LogP contribution in [0.25, 0.3) is 10.4 Å². The summed E-state index contributed by atoms with van der Waals surface area (Å²) in [6, 6.07) is 6.50. The van der Waals surface area contributed by atoms with E-state index in [1.165, 1.54) is 12.4 Å². The summed E-state index contributed by atoms with van der Waals surface area (Å²) in [4.78, 5) is 45.1. The van der Waals surface area contributed by atoms with Crippen molar-refractivity contribution in [3.63, 3.8) is 0 Å². The van der Waals surface area contributed by atoms with Crippen LogP contribution in [0.4, 0.5) is 11.5 Å². The van der Waals surface area contributed by atoms with Gasteiger partial charge in [-0.15, -0.1) is 11.3 Å². The van der Waals surface area contributed by atoms with E-state index in [-0.39, 0.29) is 28.7 Å². The van der Waals surface area contributed by atoms with E-state index in [9.17, 15) is 14.4 Å². The predicted molar refractivity (Wildman–Crippen MR) is 121 cm³/mol. The SMILES string of the molecule is CCOC(=O)c1sc(-c2ccc(Cl)cc2Cl)cc1NC(=O)COC(=O)c1nccnc1N. The number of benzene rings is 1. The molecule has 0 aliphatic rings. The molecule has 0 saturated carbocycles. The molecule has 12 heteroatoms. The number of hydrogen-bond acceptors (Lipinski definition) is 9. The van der Waals surface area contributed by atoms with E-state index in [1.807, 2.05) is 0 Å². The molecule has 0 bridgehead atoms. The number of amides is 1. The molecule has 0 fully saturated rings. The lowest BCUT2D eigenvalue weighted by Crippen LogP contribution is -2.22. The smallest absolute Gasteiger partial charge is 0.361 e. The van der Waals surface area contributed by atoms with E-state index in [0.717, 1.165) is 11.3 Å². The standard InChI is InChI=1S/C20H16Cl2N4O5S/c1-2-30-20(29)17-13(8-14(32-17)11-4-3-10(21)7-12(11)22)26-15(27)9-31-19(28)16-18(23)25-6-5-24-16/h3-8H,2,9H2,1H3,(H2,23,25)(H,26,27). The lowest BCUT2D eigenvalue weighted by atomic mass is 10.2. The number of aromatic nitrogens is 2. The molecule has 0 unspecified atom stereocenters. The summed E-state index contributed by atoms with van der Waals surface area (Å²) in [7, 11) is 0. The van der Waals surface area contributed by atoms with Gasteiger partial charge in [-0.25, -0.2) is 19.6 Å². The van der Waals surface area contributed by atoms with Gasteiger partial charge in [0.2, 0.25) is 0 Å². The van der Waals surface area contributed by atoms with Crippen LogP contribution < -0.4 is 11.1 Å². The number of rotatable bonds is 7. The molecule has 166 valence electrons. The summed E-state index contributed by atoms with van der Waals surface area (Å²) < 4.78 is 10.0. The predicted octanol–water partition coefficient (Wildman–Crippen LogP) is 4.07. The van der Waals surface area contributed by atoms with E-state index in [2.05, 4.69) is 15.3 Å². The molecule has 2 aromatic heterocycles. The molecule has 0 atom stereocenters. The number of esters is 2. The molecule has 0 saturated heterocycles. The molecular weight excluding hydrogens is 479 g/mol. The van der Waals surface area contributed by atoms with Gasteiger partial charge in [-0.2, -0.15) is 0 Å². The van der Waals surface area contributed by atoms with Gasteiger partial charge in [-0.3, -0.25) is 4.79 Å². The summed E-state index contributed by atoms with van der Waals surface area (Å²) in [6.45, 7) is 1.18. The third-order valence-electron chi connectivity index (χ3n) is 3.92. The van der Waals surface area contributed by atoms with Crippen molar-refractivity contribution < 1.29 is 23.9 Å². The number of nitrogens with zero attached hydrogens (tertiary/aromatic N) is 2. The van der Waals surface area contributed by atoms with Crippen molar-refractivity contribution in [2.45, 2.75) is 6.92 Å². The van der Waals surface area contributed by atoms with Crippen LogP contribution in [0.5, 0.6) is 0 Å². The zero-order chi connectivity index (χ0) is 23.3. The first-order chi connectivity index (χ1) is 15.3. The number of ether oxygens (including phenoxy) is 2. The highest BCUT2D eigenvalue weighted by Gasteiger charge is 2.22. The minimum absolute atomic E-state index is 0.121. The number of carbonyl (C=O) groups excluding carboxylic acids is 3. The fourth-order valence-corrected chi connectivity index (χ4v) is 4.16. The second-order valence-corrected chi connectivity index (χ2v) is 8.01. The molecule has 1 amide bonds. The largest absolute Gasteiger partial charge is 0.462 e. The quantitative estimate of drug-likeness (QED) is 0.469. The Morgan fingerprint density at radius 1 is 1.09 bits per heavy atom. The van der Waals surface area contributed by atoms with Gasteiger partial charge in [0.25, 0.3) is 5.91 Å². The first-order valence-electron chi connectivity index (χ1n) is 9.10. The molecular formula is C20H16Cl2N4O5S. The summed E-state index contributed by atoms with van der Waals surface area (Å²) >= 11 is 13.3. The van der Waals surface area contributed by atoms with Crippen LogP contribution in [0.3, 0.4) is 0 Å². The zero-order valence-electron chi connectivity index (χ0n) is 16.6. The van der Waals surface area contributed by atoms with Crippen LogP contribution in [0.2, 0.25) is 10.0 Å². The van der Waals surface area contributed by atoms with Crippen LogP contribution in [-0.2, 0) is 14.3 Å². The number of thiophene rings is 1. The van der Waals surface area contributed by atoms with Crippen LogP contribution in [0, 0.1) is 0 Å². The fraction of sp³-hybridized carbons (Fsp3) is 0.150. The monoisotopic (exact) mass is 494 g/mol. The maximum atomic E-state index is 12.4. The molecule has 0 aliphatic heterocycles.